The molecular weight excluding hydrogens is 252 g/mol. The van der Waals surface area contributed by atoms with Crippen molar-refractivity contribution in [2.24, 2.45) is 12.8 Å². The molecule has 0 spiro atoms. The van der Waals surface area contributed by atoms with E-state index in [1.165, 1.54) is 10.9 Å². The van der Waals surface area contributed by atoms with Crippen molar-refractivity contribution in [1.29, 1.82) is 0 Å². The van der Waals surface area contributed by atoms with Crippen molar-refractivity contribution in [2.45, 2.75) is 13.3 Å². The van der Waals surface area contributed by atoms with Gasteiger partial charge in [-0.3, -0.25) is 19.1 Å². The summed E-state index contributed by atoms with van der Waals surface area (Å²) in [7, 11) is 1.66. The summed E-state index contributed by atoms with van der Waals surface area (Å²) in [6.07, 6.45) is 2.02. The van der Waals surface area contributed by atoms with Gasteiger partial charge in [-0.05, 0) is 6.42 Å². The molecule has 1 rings (SSSR count). The standard InChI is InChI=1S/C11H16N4O4/c1-3-8-7(4-14(2)13-8)11(19)15(5-9(12)16)6-10(17)18/h4H,3,5-6H2,1-2H3,(H2,12,16)(H,17,18). The van der Waals surface area contributed by atoms with Crippen LogP contribution in [0.25, 0.3) is 0 Å². The number of carboxylic acids is 1. The zero-order chi connectivity index (χ0) is 14.6. The first kappa shape index (κ1) is 14.7. The monoisotopic (exact) mass is 268 g/mol. The van der Waals surface area contributed by atoms with E-state index in [9.17, 15) is 14.4 Å². The van der Waals surface area contributed by atoms with E-state index in [-0.39, 0.29) is 5.56 Å². The van der Waals surface area contributed by atoms with Gasteiger partial charge in [-0.1, -0.05) is 6.92 Å². The van der Waals surface area contributed by atoms with Crippen LogP contribution in [-0.4, -0.2) is 50.7 Å². The Morgan fingerprint density at radius 1 is 1.42 bits per heavy atom. The van der Waals surface area contributed by atoms with Gasteiger partial charge in [0, 0.05) is 13.2 Å². The van der Waals surface area contributed by atoms with Crippen LogP contribution in [0.4, 0.5) is 0 Å². The summed E-state index contributed by atoms with van der Waals surface area (Å²) in [5.41, 5.74) is 5.85. The lowest BCUT2D eigenvalue weighted by Crippen LogP contribution is -2.41. The number of carbonyl (C=O) groups excluding carboxylic acids is 2. The Labute approximate surface area is 109 Å². The first-order valence-corrected chi connectivity index (χ1v) is 5.67. The molecule has 1 heterocycles. The fraction of sp³-hybridized carbons (Fsp3) is 0.455. The minimum atomic E-state index is -1.21. The van der Waals surface area contributed by atoms with Crippen LogP contribution in [0, 0.1) is 0 Å². The molecule has 0 aliphatic carbocycles. The molecular formula is C11H16N4O4. The molecule has 0 bridgehead atoms. The van der Waals surface area contributed by atoms with Gasteiger partial charge in [-0.25, -0.2) is 0 Å². The van der Waals surface area contributed by atoms with Gasteiger partial charge in [-0.2, -0.15) is 5.10 Å². The molecule has 0 fully saturated rings. The van der Waals surface area contributed by atoms with E-state index < -0.39 is 30.9 Å². The number of rotatable bonds is 6. The summed E-state index contributed by atoms with van der Waals surface area (Å²) in [6, 6.07) is 0. The summed E-state index contributed by atoms with van der Waals surface area (Å²) in [6.45, 7) is 0.803. The van der Waals surface area contributed by atoms with Crippen molar-refractivity contribution < 1.29 is 19.5 Å². The number of carbonyl (C=O) groups is 3. The minimum Gasteiger partial charge on any atom is -0.480 e. The molecule has 0 saturated carbocycles. The molecule has 8 nitrogen and oxygen atoms in total. The zero-order valence-corrected chi connectivity index (χ0v) is 10.8. The van der Waals surface area contributed by atoms with Gasteiger partial charge in [-0.15, -0.1) is 0 Å². The Kier molecular flexibility index (Phi) is 4.62. The van der Waals surface area contributed by atoms with Gasteiger partial charge in [0.2, 0.25) is 5.91 Å². The maximum absolute atomic E-state index is 12.2. The molecule has 8 heteroatoms. The van der Waals surface area contributed by atoms with Gasteiger partial charge in [0.25, 0.3) is 5.91 Å². The fourth-order valence-electron chi connectivity index (χ4n) is 1.70. The second-order valence-corrected chi connectivity index (χ2v) is 4.04. The van der Waals surface area contributed by atoms with Crippen LogP contribution in [0.5, 0.6) is 0 Å². The number of amides is 2. The van der Waals surface area contributed by atoms with Gasteiger partial charge in [0.15, 0.2) is 0 Å². The smallest absolute Gasteiger partial charge is 0.323 e. The van der Waals surface area contributed by atoms with Crippen LogP contribution >= 0.6 is 0 Å². The van der Waals surface area contributed by atoms with Crippen molar-refractivity contribution in [3.05, 3.63) is 17.5 Å². The lowest BCUT2D eigenvalue weighted by atomic mass is 10.2. The topological polar surface area (TPSA) is 119 Å². The maximum Gasteiger partial charge on any atom is 0.323 e. The van der Waals surface area contributed by atoms with Gasteiger partial charge in [0.1, 0.15) is 13.1 Å². The van der Waals surface area contributed by atoms with Crippen LogP contribution in [0.15, 0.2) is 6.20 Å². The maximum atomic E-state index is 12.2. The summed E-state index contributed by atoms with van der Waals surface area (Å²) in [5.74, 6) is -2.54. The Balaban J connectivity index is 3.03. The zero-order valence-electron chi connectivity index (χ0n) is 10.8. The molecule has 0 aromatic carbocycles. The predicted molar refractivity (Wildman–Crippen MR) is 65.3 cm³/mol. The second-order valence-electron chi connectivity index (χ2n) is 4.04. The van der Waals surface area contributed by atoms with E-state index in [1.54, 1.807) is 7.05 Å². The van der Waals surface area contributed by atoms with Gasteiger partial charge >= 0.3 is 5.97 Å². The molecule has 0 unspecified atom stereocenters. The quantitative estimate of drug-likeness (QED) is 0.685. The second kappa shape index (κ2) is 5.98. The summed E-state index contributed by atoms with van der Waals surface area (Å²) in [4.78, 5) is 34.7. The number of carboxylic acid groups (broad SMARTS) is 1. The molecule has 0 saturated heterocycles. The Morgan fingerprint density at radius 3 is 2.53 bits per heavy atom. The van der Waals surface area contributed by atoms with Crippen molar-refractivity contribution in [2.75, 3.05) is 13.1 Å². The van der Waals surface area contributed by atoms with E-state index >= 15 is 0 Å². The summed E-state index contributed by atoms with van der Waals surface area (Å²) in [5, 5.41) is 12.9. The lowest BCUT2D eigenvalue weighted by molar-refractivity contribution is -0.138. The molecule has 0 aliphatic rings. The van der Waals surface area contributed by atoms with Crippen molar-refractivity contribution in [3.8, 4) is 0 Å². The fourth-order valence-corrected chi connectivity index (χ4v) is 1.70. The minimum absolute atomic E-state index is 0.285. The Bertz CT molecular complexity index is 493. The largest absolute Gasteiger partial charge is 0.480 e. The third-order valence-corrected chi connectivity index (χ3v) is 2.43. The van der Waals surface area contributed by atoms with E-state index in [0.29, 0.717) is 12.1 Å². The third kappa shape index (κ3) is 3.80. The van der Waals surface area contributed by atoms with Crippen molar-refractivity contribution in [3.63, 3.8) is 0 Å². The summed E-state index contributed by atoms with van der Waals surface area (Å²) >= 11 is 0. The molecule has 3 N–H and O–H groups in total. The highest BCUT2D eigenvalue weighted by Gasteiger charge is 2.24. The van der Waals surface area contributed by atoms with E-state index in [0.717, 1.165) is 4.90 Å². The van der Waals surface area contributed by atoms with Crippen molar-refractivity contribution in [1.82, 2.24) is 14.7 Å². The molecule has 1 aromatic rings. The van der Waals surface area contributed by atoms with Crippen LogP contribution in [0.3, 0.4) is 0 Å². The SMILES string of the molecule is CCc1nn(C)cc1C(=O)N(CC(N)=O)CC(=O)O. The number of aliphatic carboxylic acids is 1. The number of hydrogen-bond acceptors (Lipinski definition) is 4. The molecule has 2 amide bonds. The van der Waals surface area contributed by atoms with Gasteiger partial charge in [0.05, 0.1) is 11.3 Å². The number of aromatic nitrogens is 2. The van der Waals surface area contributed by atoms with Crippen LogP contribution in [0.1, 0.15) is 23.0 Å². The molecule has 104 valence electrons. The van der Waals surface area contributed by atoms with Crippen molar-refractivity contribution >= 4 is 17.8 Å². The number of aryl methyl sites for hydroxylation is 2. The van der Waals surface area contributed by atoms with Crippen LogP contribution < -0.4 is 5.73 Å². The predicted octanol–water partition coefficient (Wildman–Crippen LogP) is -1.01. The lowest BCUT2D eigenvalue weighted by Gasteiger charge is -2.18. The normalized spacial score (nSPS) is 10.2. The molecule has 0 radical (unpaired) electrons. The molecule has 1 aromatic heterocycles. The van der Waals surface area contributed by atoms with E-state index in [4.69, 9.17) is 10.8 Å². The Morgan fingerprint density at radius 2 is 2.05 bits per heavy atom. The molecule has 19 heavy (non-hydrogen) atoms. The highest BCUT2D eigenvalue weighted by molar-refractivity contribution is 5.98. The van der Waals surface area contributed by atoms with Crippen LogP contribution in [0.2, 0.25) is 0 Å². The van der Waals surface area contributed by atoms with E-state index in [1.807, 2.05) is 6.92 Å². The highest BCUT2D eigenvalue weighted by atomic mass is 16.4. The van der Waals surface area contributed by atoms with E-state index in [2.05, 4.69) is 5.10 Å². The first-order valence-electron chi connectivity index (χ1n) is 5.67. The van der Waals surface area contributed by atoms with Gasteiger partial charge < -0.3 is 15.7 Å². The number of nitrogens with two attached hydrogens (primary N) is 1. The number of nitrogens with zero attached hydrogens (tertiary/aromatic N) is 3. The third-order valence-electron chi connectivity index (χ3n) is 2.43. The first-order chi connectivity index (χ1) is 8.85. The Hall–Kier alpha value is -2.38. The average molecular weight is 268 g/mol. The number of primary amides is 1. The van der Waals surface area contributed by atoms with Crippen LogP contribution in [-0.2, 0) is 23.1 Å². The molecule has 0 aliphatic heterocycles. The molecule has 0 atom stereocenters. The summed E-state index contributed by atoms with van der Waals surface area (Å²) < 4.78 is 1.47. The highest BCUT2D eigenvalue weighted by Crippen LogP contribution is 2.10. The average Bonchev–Trinajstić information content (AvgIpc) is 2.67. The number of hydrogen-bond donors (Lipinski definition) is 2.